The standard InChI is InChI=1S/C25H25Cl2N3/c26-22-13-12-21(17-23(22)27)30(18-19-7-2-1-3-8-19)16-6-15-28-25-14-11-20-9-4-5-10-24(20)29-25/h1-5,7-14,17,25,28-29H,6,15-16,18H2. The Bertz CT molecular complexity index is 1000. The van der Waals surface area contributed by atoms with Gasteiger partial charge in [0.15, 0.2) is 0 Å². The monoisotopic (exact) mass is 437 g/mol. The molecule has 0 fully saturated rings. The number of hydrogen-bond donors (Lipinski definition) is 2. The second-order valence-corrected chi connectivity index (χ2v) is 8.20. The van der Waals surface area contributed by atoms with E-state index in [0.717, 1.165) is 31.7 Å². The van der Waals surface area contributed by atoms with Crippen molar-refractivity contribution >= 4 is 40.7 Å². The Hall–Kier alpha value is -2.46. The molecule has 0 saturated heterocycles. The van der Waals surface area contributed by atoms with Crippen LogP contribution in [0, 0.1) is 0 Å². The minimum atomic E-state index is 0.146. The highest BCUT2D eigenvalue weighted by Gasteiger charge is 2.12. The van der Waals surface area contributed by atoms with Gasteiger partial charge in [0.05, 0.1) is 16.2 Å². The Morgan fingerprint density at radius 2 is 1.70 bits per heavy atom. The molecule has 1 aliphatic rings. The van der Waals surface area contributed by atoms with Crippen LogP contribution in [0.3, 0.4) is 0 Å². The van der Waals surface area contributed by atoms with Gasteiger partial charge in [-0.3, -0.25) is 5.32 Å². The molecule has 30 heavy (non-hydrogen) atoms. The number of halogens is 2. The number of fused-ring (bicyclic) bond motifs is 1. The summed E-state index contributed by atoms with van der Waals surface area (Å²) in [5.74, 6) is 0. The minimum absolute atomic E-state index is 0.146. The van der Waals surface area contributed by atoms with Crippen molar-refractivity contribution in [1.82, 2.24) is 5.32 Å². The van der Waals surface area contributed by atoms with Crippen molar-refractivity contribution in [3.05, 3.63) is 100 Å². The molecule has 5 heteroatoms. The van der Waals surface area contributed by atoms with Crippen LogP contribution in [0.15, 0.2) is 78.9 Å². The van der Waals surface area contributed by atoms with Crippen LogP contribution < -0.4 is 15.5 Å². The van der Waals surface area contributed by atoms with E-state index in [-0.39, 0.29) is 6.17 Å². The van der Waals surface area contributed by atoms with Gasteiger partial charge >= 0.3 is 0 Å². The molecular formula is C25H25Cl2N3. The molecule has 0 amide bonds. The highest BCUT2D eigenvalue weighted by Crippen LogP contribution is 2.28. The van der Waals surface area contributed by atoms with Crippen LogP contribution in [0.4, 0.5) is 11.4 Å². The van der Waals surface area contributed by atoms with Crippen molar-refractivity contribution in [2.24, 2.45) is 0 Å². The summed E-state index contributed by atoms with van der Waals surface area (Å²) in [6, 6.07) is 24.7. The first-order valence-electron chi connectivity index (χ1n) is 10.2. The summed E-state index contributed by atoms with van der Waals surface area (Å²) in [6.07, 6.45) is 5.48. The third-order valence-electron chi connectivity index (χ3n) is 5.19. The fourth-order valence-corrected chi connectivity index (χ4v) is 3.91. The van der Waals surface area contributed by atoms with Gasteiger partial charge in [-0.2, -0.15) is 0 Å². The first-order chi connectivity index (χ1) is 14.7. The van der Waals surface area contributed by atoms with Gasteiger partial charge < -0.3 is 10.2 Å². The van der Waals surface area contributed by atoms with E-state index in [4.69, 9.17) is 23.2 Å². The predicted octanol–water partition coefficient (Wildman–Crippen LogP) is 6.44. The number of hydrogen-bond acceptors (Lipinski definition) is 3. The van der Waals surface area contributed by atoms with E-state index in [0.29, 0.717) is 10.0 Å². The number of para-hydroxylation sites is 1. The van der Waals surface area contributed by atoms with Crippen LogP contribution >= 0.6 is 23.2 Å². The molecule has 1 aliphatic heterocycles. The molecule has 1 unspecified atom stereocenters. The highest BCUT2D eigenvalue weighted by molar-refractivity contribution is 6.42. The number of rotatable bonds is 8. The topological polar surface area (TPSA) is 27.3 Å². The second kappa shape index (κ2) is 10.0. The summed E-state index contributed by atoms with van der Waals surface area (Å²) in [5.41, 5.74) is 4.74. The molecule has 1 atom stereocenters. The average Bonchev–Trinajstić information content (AvgIpc) is 2.78. The van der Waals surface area contributed by atoms with Crippen molar-refractivity contribution in [3.63, 3.8) is 0 Å². The molecule has 0 radical (unpaired) electrons. The van der Waals surface area contributed by atoms with Crippen LogP contribution in [0.5, 0.6) is 0 Å². The van der Waals surface area contributed by atoms with Gasteiger partial charge in [0.25, 0.3) is 0 Å². The van der Waals surface area contributed by atoms with Crippen LogP contribution in [0.2, 0.25) is 10.0 Å². The van der Waals surface area contributed by atoms with Crippen LogP contribution in [0.1, 0.15) is 17.5 Å². The van der Waals surface area contributed by atoms with E-state index in [9.17, 15) is 0 Å². The zero-order chi connectivity index (χ0) is 20.8. The van der Waals surface area contributed by atoms with E-state index in [1.54, 1.807) is 0 Å². The zero-order valence-corrected chi connectivity index (χ0v) is 18.2. The van der Waals surface area contributed by atoms with Gasteiger partial charge in [0, 0.05) is 24.5 Å². The molecule has 0 bridgehead atoms. The lowest BCUT2D eigenvalue weighted by molar-refractivity contribution is 0.603. The third kappa shape index (κ3) is 5.37. The summed E-state index contributed by atoms with van der Waals surface area (Å²) in [4.78, 5) is 2.35. The van der Waals surface area contributed by atoms with E-state index in [1.807, 2.05) is 24.3 Å². The van der Waals surface area contributed by atoms with Gasteiger partial charge in [-0.05, 0) is 54.4 Å². The Morgan fingerprint density at radius 1 is 0.900 bits per heavy atom. The first kappa shape index (κ1) is 20.8. The smallest absolute Gasteiger partial charge is 0.0964 e. The molecule has 3 nitrogen and oxygen atoms in total. The molecule has 2 N–H and O–H groups in total. The summed E-state index contributed by atoms with van der Waals surface area (Å²) in [6.45, 7) is 2.64. The van der Waals surface area contributed by atoms with Gasteiger partial charge in [-0.25, -0.2) is 0 Å². The molecule has 154 valence electrons. The summed E-state index contributed by atoms with van der Waals surface area (Å²) >= 11 is 12.4. The largest absolute Gasteiger partial charge is 0.367 e. The molecule has 0 aromatic heterocycles. The van der Waals surface area contributed by atoms with E-state index >= 15 is 0 Å². The van der Waals surface area contributed by atoms with E-state index in [2.05, 4.69) is 76.2 Å². The summed E-state index contributed by atoms with van der Waals surface area (Å²) in [7, 11) is 0. The first-order valence-corrected chi connectivity index (χ1v) is 11.0. The lowest BCUT2D eigenvalue weighted by Crippen LogP contribution is -2.37. The van der Waals surface area contributed by atoms with Crippen molar-refractivity contribution < 1.29 is 0 Å². The second-order valence-electron chi connectivity index (χ2n) is 7.38. The summed E-state index contributed by atoms with van der Waals surface area (Å²) in [5, 5.41) is 8.27. The predicted molar refractivity (Wildman–Crippen MR) is 129 cm³/mol. The fraction of sp³-hybridized carbons (Fsp3) is 0.200. The molecular weight excluding hydrogens is 413 g/mol. The Balaban J connectivity index is 1.35. The normalized spacial score (nSPS) is 14.8. The van der Waals surface area contributed by atoms with E-state index < -0.39 is 0 Å². The average molecular weight is 438 g/mol. The molecule has 3 aromatic carbocycles. The molecule has 1 heterocycles. The molecule has 0 spiro atoms. The number of nitrogens with zero attached hydrogens (tertiary/aromatic N) is 1. The maximum Gasteiger partial charge on any atom is 0.0964 e. The SMILES string of the molecule is Clc1ccc(N(CCCNC2C=Cc3ccccc3N2)Cc2ccccc2)cc1Cl. The Kier molecular flexibility index (Phi) is 6.96. The lowest BCUT2D eigenvalue weighted by atomic mass is 10.1. The maximum absolute atomic E-state index is 6.28. The molecule has 0 aliphatic carbocycles. The lowest BCUT2D eigenvalue weighted by Gasteiger charge is -2.27. The minimum Gasteiger partial charge on any atom is -0.367 e. The van der Waals surface area contributed by atoms with Crippen molar-refractivity contribution in [1.29, 1.82) is 0 Å². The molecule has 4 rings (SSSR count). The highest BCUT2D eigenvalue weighted by atomic mass is 35.5. The van der Waals surface area contributed by atoms with Crippen molar-refractivity contribution in [3.8, 4) is 0 Å². The van der Waals surface area contributed by atoms with Gasteiger partial charge in [-0.1, -0.05) is 77.8 Å². The van der Waals surface area contributed by atoms with Gasteiger partial charge in [-0.15, -0.1) is 0 Å². The Morgan fingerprint density at radius 3 is 2.53 bits per heavy atom. The van der Waals surface area contributed by atoms with Gasteiger partial charge in [0.1, 0.15) is 0 Å². The number of benzene rings is 3. The van der Waals surface area contributed by atoms with Crippen LogP contribution in [0.25, 0.3) is 6.08 Å². The van der Waals surface area contributed by atoms with Gasteiger partial charge in [0.2, 0.25) is 0 Å². The van der Waals surface area contributed by atoms with Crippen LogP contribution in [-0.2, 0) is 6.54 Å². The Labute approximate surface area is 188 Å². The number of nitrogens with one attached hydrogen (secondary N) is 2. The maximum atomic E-state index is 6.28. The number of anilines is 2. The zero-order valence-electron chi connectivity index (χ0n) is 16.7. The van der Waals surface area contributed by atoms with Crippen molar-refractivity contribution in [2.45, 2.75) is 19.1 Å². The molecule has 3 aromatic rings. The third-order valence-corrected chi connectivity index (χ3v) is 5.93. The van der Waals surface area contributed by atoms with Crippen LogP contribution in [-0.4, -0.2) is 19.3 Å². The van der Waals surface area contributed by atoms with E-state index in [1.165, 1.54) is 16.8 Å². The fourth-order valence-electron chi connectivity index (χ4n) is 3.62. The van der Waals surface area contributed by atoms with Crippen molar-refractivity contribution in [2.75, 3.05) is 23.3 Å². The quantitative estimate of drug-likeness (QED) is 0.396. The molecule has 0 saturated carbocycles. The summed E-state index contributed by atoms with van der Waals surface area (Å²) < 4.78 is 0.